The van der Waals surface area contributed by atoms with Gasteiger partial charge >= 0.3 is 5.69 Å². The van der Waals surface area contributed by atoms with E-state index in [1.54, 1.807) is 18.2 Å². The largest absolute Gasteiger partial charge is 0.378 e. The Kier molecular flexibility index (Phi) is 3.91. The summed E-state index contributed by atoms with van der Waals surface area (Å²) in [7, 11) is 0. The van der Waals surface area contributed by atoms with Crippen LogP contribution < -0.4 is 11.5 Å². The van der Waals surface area contributed by atoms with Crippen LogP contribution in [-0.2, 0) is 6.42 Å². The standard InChI is InChI=1S/C11H9Cl2N5O2/c12-6-1-5(2-7(13)4-6)3-8-9(18(19)20)10(14)17-11(15)16-8/h1-2,4H,3H2,(H4,14,15,16,17). The second-order valence-electron chi connectivity index (χ2n) is 3.97. The van der Waals surface area contributed by atoms with Crippen LogP contribution in [0.1, 0.15) is 11.3 Å². The number of rotatable bonds is 3. The first-order chi connectivity index (χ1) is 9.36. The van der Waals surface area contributed by atoms with E-state index in [1.807, 2.05) is 0 Å². The summed E-state index contributed by atoms with van der Waals surface area (Å²) in [5, 5.41) is 11.9. The van der Waals surface area contributed by atoms with Crippen LogP contribution in [0.3, 0.4) is 0 Å². The molecule has 0 amide bonds. The van der Waals surface area contributed by atoms with Crippen molar-refractivity contribution in [1.29, 1.82) is 0 Å². The molecule has 0 unspecified atom stereocenters. The van der Waals surface area contributed by atoms with Crippen molar-refractivity contribution in [3.05, 3.63) is 49.6 Å². The van der Waals surface area contributed by atoms with Crippen molar-refractivity contribution in [3.8, 4) is 0 Å². The highest BCUT2D eigenvalue weighted by molar-refractivity contribution is 6.34. The summed E-state index contributed by atoms with van der Waals surface area (Å²) in [5.74, 6) is -0.401. The van der Waals surface area contributed by atoms with Gasteiger partial charge in [0.15, 0.2) is 0 Å². The van der Waals surface area contributed by atoms with E-state index in [4.69, 9.17) is 34.7 Å². The van der Waals surface area contributed by atoms with E-state index in [0.29, 0.717) is 15.6 Å². The van der Waals surface area contributed by atoms with Gasteiger partial charge in [0.2, 0.25) is 11.8 Å². The average molecular weight is 314 g/mol. The van der Waals surface area contributed by atoms with Gasteiger partial charge in [0.05, 0.1) is 4.92 Å². The fourth-order valence-corrected chi connectivity index (χ4v) is 2.34. The van der Waals surface area contributed by atoms with E-state index in [0.717, 1.165) is 0 Å². The minimum Gasteiger partial charge on any atom is -0.378 e. The molecule has 1 aromatic heterocycles. The van der Waals surface area contributed by atoms with Crippen LogP contribution in [-0.4, -0.2) is 14.9 Å². The van der Waals surface area contributed by atoms with E-state index in [-0.39, 0.29) is 29.6 Å². The SMILES string of the molecule is Nc1nc(N)c([N+](=O)[O-])c(Cc2cc(Cl)cc(Cl)c2)n1. The summed E-state index contributed by atoms with van der Waals surface area (Å²) in [6.45, 7) is 0. The fourth-order valence-electron chi connectivity index (χ4n) is 1.77. The van der Waals surface area contributed by atoms with Gasteiger partial charge in [-0.2, -0.15) is 4.98 Å². The van der Waals surface area contributed by atoms with Crippen LogP contribution in [0.5, 0.6) is 0 Å². The highest BCUT2D eigenvalue weighted by atomic mass is 35.5. The Morgan fingerprint density at radius 3 is 2.30 bits per heavy atom. The van der Waals surface area contributed by atoms with Crippen molar-refractivity contribution in [1.82, 2.24) is 9.97 Å². The van der Waals surface area contributed by atoms with Gasteiger partial charge in [-0.25, -0.2) is 4.98 Å². The predicted molar refractivity (Wildman–Crippen MR) is 76.8 cm³/mol. The molecule has 2 rings (SSSR count). The van der Waals surface area contributed by atoms with E-state index < -0.39 is 4.92 Å². The summed E-state index contributed by atoms with van der Waals surface area (Å²) in [6, 6.07) is 4.82. The Morgan fingerprint density at radius 1 is 1.15 bits per heavy atom. The number of nitrogens with two attached hydrogens (primary N) is 2. The fraction of sp³-hybridized carbons (Fsp3) is 0.0909. The number of nitro groups is 1. The number of nitrogen functional groups attached to an aromatic ring is 2. The zero-order valence-electron chi connectivity index (χ0n) is 10.0. The second-order valence-corrected chi connectivity index (χ2v) is 4.85. The van der Waals surface area contributed by atoms with E-state index in [9.17, 15) is 10.1 Å². The van der Waals surface area contributed by atoms with Gasteiger partial charge in [-0.05, 0) is 23.8 Å². The molecule has 0 fully saturated rings. The highest BCUT2D eigenvalue weighted by Crippen LogP contribution is 2.27. The molecule has 0 bridgehead atoms. The third kappa shape index (κ3) is 3.06. The molecule has 1 heterocycles. The minimum absolute atomic E-state index is 0.110. The molecular formula is C11H9Cl2N5O2. The van der Waals surface area contributed by atoms with Crippen LogP contribution in [0, 0.1) is 10.1 Å². The lowest BCUT2D eigenvalue weighted by Crippen LogP contribution is -2.09. The summed E-state index contributed by atoms with van der Waals surface area (Å²) < 4.78 is 0. The lowest BCUT2D eigenvalue weighted by molar-refractivity contribution is -0.385. The number of hydrogen-bond donors (Lipinski definition) is 2. The highest BCUT2D eigenvalue weighted by Gasteiger charge is 2.22. The van der Waals surface area contributed by atoms with Crippen LogP contribution >= 0.6 is 23.2 Å². The number of aromatic nitrogens is 2. The van der Waals surface area contributed by atoms with E-state index >= 15 is 0 Å². The monoisotopic (exact) mass is 313 g/mol. The van der Waals surface area contributed by atoms with Gasteiger partial charge in [-0.15, -0.1) is 0 Å². The van der Waals surface area contributed by atoms with Gasteiger partial charge in [-0.3, -0.25) is 10.1 Å². The van der Waals surface area contributed by atoms with Gasteiger partial charge in [-0.1, -0.05) is 23.2 Å². The normalized spacial score (nSPS) is 10.5. The van der Waals surface area contributed by atoms with Crippen LogP contribution in [0.2, 0.25) is 10.0 Å². The molecule has 4 N–H and O–H groups in total. The topological polar surface area (TPSA) is 121 Å². The Balaban J connectivity index is 2.49. The zero-order valence-corrected chi connectivity index (χ0v) is 11.5. The molecule has 20 heavy (non-hydrogen) atoms. The van der Waals surface area contributed by atoms with Crippen molar-refractivity contribution in [2.45, 2.75) is 6.42 Å². The second kappa shape index (κ2) is 5.48. The lowest BCUT2D eigenvalue weighted by Gasteiger charge is -2.06. The van der Waals surface area contributed by atoms with Gasteiger partial charge in [0.25, 0.3) is 0 Å². The molecule has 104 valence electrons. The first kappa shape index (κ1) is 14.3. The number of anilines is 2. The molecule has 0 aliphatic heterocycles. The number of benzene rings is 1. The van der Waals surface area contributed by atoms with Crippen molar-refractivity contribution in [2.24, 2.45) is 0 Å². The molecule has 0 saturated carbocycles. The zero-order chi connectivity index (χ0) is 14.9. The Morgan fingerprint density at radius 2 is 1.75 bits per heavy atom. The molecular weight excluding hydrogens is 305 g/mol. The van der Waals surface area contributed by atoms with Crippen molar-refractivity contribution < 1.29 is 4.92 Å². The quantitative estimate of drug-likeness (QED) is 0.663. The van der Waals surface area contributed by atoms with E-state index in [2.05, 4.69) is 9.97 Å². The molecule has 0 radical (unpaired) electrons. The Labute approximate surface area is 123 Å². The molecule has 7 nitrogen and oxygen atoms in total. The molecule has 9 heteroatoms. The van der Waals surface area contributed by atoms with E-state index in [1.165, 1.54) is 0 Å². The van der Waals surface area contributed by atoms with Crippen molar-refractivity contribution >= 4 is 40.7 Å². The maximum Gasteiger partial charge on any atom is 0.332 e. The van der Waals surface area contributed by atoms with Crippen molar-refractivity contribution in [3.63, 3.8) is 0 Å². The smallest absolute Gasteiger partial charge is 0.332 e. The Hall–Kier alpha value is -2.12. The third-order valence-electron chi connectivity index (χ3n) is 2.48. The van der Waals surface area contributed by atoms with Gasteiger partial charge in [0, 0.05) is 16.5 Å². The molecule has 2 aromatic rings. The molecule has 0 atom stereocenters. The third-order valence-corrected chi connectivity index (χ3v) is 2.91. The minimum atomic E-state index is -0.643. The molecule has 0 saturated heterocycles. The van der Waals surface area contributed by atoms with Crippen molar-refractivity contribution in [2.75, 3.05) is 11.5 Å². The van der Waals surface area contributed by atoms with Gasteiger partial charge < -0.3 is 11.5 Å². The summed E-state index contributed by atoms with van der Waals surface area (Å²) >= 11 is 11.8. The van der Waals surface area contributed by atoms with Crippen LogP contribution in [0.4, 0.5) is 17.5 Å². The summed E-state index contributed by atoms with van der Waals surface area (Å²) in [5.41, 5.74) is 11.4. The molecule has 0 aliphatic carbocycles. The van der Waals surface area contributed by atoms with Gasteiger partial charge in [0.1, 0.15) is 5.69 Å². The number of nitrogens with zero attached hydrogens (tertiary/aromatic N) is 3. The maximum atomic E-state index is 11.0. The van der Waals surface area contributed by atoms with Crippen LogP contribution in [0.25, 0.3) is 0 Å². The number of hydrogen-bond acceptors (Lipinski definition) is 6. The molecule has 0 aliphatic rings. The molecule has 1 aromatic carbocycles. The number of halogens is 2. The molecule has 0 spiro atoms. The predicted octanol–water partition coefficient (Wildman–Crippen LogP) is 2.45. The van der Waals surface area contributed by atoms with Crippen LogP contribution in [0.15, 0.2) is 18.2 Å². The first-order valence-electron chi connectivity index (χ1n) is 5.38. The average Bonchev–Trinajstić information content (AvgIpc) is 2.25. The maximum absolute atomic E-state index is 11.0. The lowest BCUT2D eigenvalue weighted by atomic mass is 10.1. The summed E-state index contributed by atoms with van der Waals surface area (Å²) in [4.78, 5) is 17.8. The first-order valence-corrected chi connectivity index (χ1v) is 6.13. The Bertz CT molecular complexity index is 673. The summed E-state index contributed by atoms with van der Waals surface area (Å²) in [6.07, 6.45) is 0.119.